The Bertz CT molecular complexity index is 599. The maximum Gasteiger partial charge on any atom is 0.261 e. The minimum absolute atomic E-state index is 0.162. The lowest BCUT2D eigenvalue weighted by Crippen LogP contribution is -2.41. The van der Waals surface area contributed by atoms with Crippen molar-refractivity contribution in [2.45, 2.75) is 38.2 Å². The van der Waals surface area contributed by atoms with E-state index >= 15 is 0 Å². The van der Waals surface area contributed by atoms with Crippen LogP contribution >= 0.6 is 15.9 Å². The smallest absolute Gasteiger partial charge is 0.261 e. The van der Waals surface area contributed by atoms with Crippen LogP contribution in [0.25, 0.3) is 0 Å². The SMILES string of the molecule is C=CCCC(CCC=C)C1(O)C(=O)Nc2c1ccc(Br)c2C. The van der Waals surface area contributed by atoms with Gasteiger partial charge in [-0.05, 0) is 44.2 Å². The molecule has 0 aromatic heterocycles. The highest BCUT2D eigenvalue weighted by molar-refractivity contribution is 9.10. The largest absolute Gasteiger partial charge is 0.375 e. The van der Waals surface area contributed by atoms with Crippen molar-refractivity contribution in [2.75, 3.05) is 5.32 Å². The predicted octanol–water partition coefficient (Wildman–Crippen LogP) is 4.45. The van der Waals surface area contributed by atoms with Crippen molar-refractivity contribution < 1.29 is 9.90 Å². The Hall–Kier alpha value is -1.39. The lowest BCUT2D eigenvalue weighted by Gasteiger charge is -2.31. The van der Waals surface area contributed by atoms with Gasteiger partial charge in [-0.15, -0.1) is 13.2 Å². The number of carbonyl (C=O) groups excluding carboxylic acids is 1. The fourth-order valence-electron chi connectivity index (χ4n) is 3.10. The summed E-state index contributed by atoms with van der Waals surface area (Å²) in [6.45, 7) is 9.41. The monoisotopic (exact) mass is 363 g/mol. The second-order valence-electron chi connectivity index (χ2n) is 5.74. The van der Waals surface area contributed by atoms with Crippen molar-refractivity contribution in [2.24, 2.45) is 5.92 Å². The van der Waals surface area contributed by atoms with E-state index in [9.17, 15) is 9.90 Å². The summed E-state index contributed by atoms with van der Waals surface area (Å²) in [6, 6.07) is 3.72. The molecule has 0 saturated heterocycles. The van der Waals surface area contributed by atoms with E-state index < -0.39 is 5.60 Å². The molecule has 1 amide bonds. The number of carbonyl (C=O) groups is 1. The molecule has 1 unspecified atom stereocenters. The molecule has 2 N–H and O–H groups in total. The highest BCUT2D eigenvalue weighted by Gasteiger charge is 2.50. The van der Waals surface area contributed by atoms with Crippen LogP contribution in [0.3, 0.4) is 0 Å². The van der Waals surface area contributed by atoms with Crippen LogP contribution in [-0.2, 0) is 10.4 Å². The maximum atomic E-state index is 12.6. The number of fused-ring (bicyclic) bond motifs is 1. The molecule has 0 fully saturated rings. The van der Waals surface area contributed by atoms with Crippen molar-refractivity contribution >= 4 is 27.5 Å². The van der Waals surface area contributed by atoms with Gasteiger partial charge in [-0.25, -0.2) is 0 Å². The number of rotatable bonds is 7. The number of benzene rings is 1. The van der Waals surface area contributed by atoms with Gasteiger partial charge in [-0.1, -0.05) is 34.1 Å². The van der Waals surface area contributed by atoms with E-state index in [4.69, 9.17) is 0 Å². The minimum Gasteiger partial charge on any atom is -0.375 e. The molecule has 0 bridgehead atoms. The van der Waals surface area contributed by atoms with Gasteiger partial charge < -0.3 is 10.4 Å². The Morgan fingerprint density at radius 2 is 1.91 bits per heavy atom. The fourth-order valence-corrected chi connectivity index (χ4v) is 3.43. The Morgan fingerprint density at radius 1 is 1.32 bits per heavy atom. The number of amides is 1. The molecule has 4 heteroatoms. The molecule has 1 aliphatic rings. The summed E-state index contributed by atoms with van der Waals surface area (Å²) in [7, 11) is 0. The van der Waals surface area contributed by atoms with E-state index in [0.717, 1.165) is 41.4 Å². The quantitative estimate of drug-likeness (QED) is 0.703. The van der Waals surface area contributed by atoms with Crippen molar-refractivity contribution in [3.63, 3.8) is 0 Å². The fraction of sp³-hybridized carbons (Fsp3) is 0.389. The number of halogens is 1. The predicted molar refractivity (Wildman–Crippen MR) is 93.8 cm³/mol. The normalized spacial score (nSPS) is 19.9. The molecule has 1 aliphatic heterocycles. The third kappa shape index (κ3) is 2.77. The van der Waals surface area contributed by atoms with Crippen molar-refractivity contribution in [1.29, 1.82) is 0 Å². The summed E-state index contributed by atoms with van der Waals surface area (Å²) >= 11 is 3.47. The van der Waals surface area contributed by atoms with E-state index in [1.165, 1.54) is 0 Å². The van der Waals surface area contributed by atoms with E-state index in [-0.39, 0.29) is 11.8 Å². The molecule has 1 heterocycles. The Balaban J connectivity index is 2.46. The van der Waals surface area contributed by atoms with Gasteiger partial charge in [-0.3, -0.25) is 4.79 Å². The van der Waals surface area contributed by atoms with Gasteiger partial charge in [0.1, 0.15) is 0 Å². The van der Waals surface area contributed by atoms with Gasteiger partial charge in [0.15, 0.2) is 5.60 Å². The molecule has 22 heavy (non-hydrogen) atoms. The number of anilines is 1. The summed E-state index contributed by atoms with van der Waals surface area (Å²) in [6.07, 6.45) is 6.62. The Kier molecular flexibility index (Phi) is 5.24. The highest BCUT2D eigenvalue weighted by Crippen LogP contribution is 2.47. The first-order valence-electron chi connectivity index (χ1n) is 7.52. The van der Waals surface area contributed by atoms with Crippen LogP contribution in [-0.4, -0.2) is 11.0 Å². The van der Waals surface area contributed by atoms with Gasteiger partial charge >= 0.3 is 0 Å². The molecule has 0 radical (unpaired) electrons. The van der Waals surface area contributed by atoms with Gasteiger partial charge in [0.05, 0.1) is 5.69 Å². The van der Waals surface area contributed by atoms with Crippen LogP contribution in [0.1, 0.15) is 36.8 Å². The molecule has 2 rings (SSSR count). The second kappa shape index (κ2) is 6.80. The molecular weight excluding hydrogens is 342 g/mol. The van der Waals surface area contributed by atoms with Crippen LogP contribution < -0.4 is 5.32 Å². The van der Waals surface area contributed by atoms with Gasteiger partial charge in [0, 0.05) is 16.0 Å². The second-order valence-corrected chi connectivity index (χ2v) is 6.60. The summed E-state index contributed by atoms with van der Waals surface area (Å²) in [5.41, 5.74) is 0.862. The summed E-state index contributed by atoms with van der Waals surface area (Å²) in [4.78, 5) is 12.6. The van der Waals surface area contributed by atoms with Crippen molar-refractivity contribution in [3.8, 4) is 0 Å². The van der Waals surface area contributed by atoms with Crippen LogP contribution in [0.5, 0.6) is 0 Å². The third-order valence-electron chi connectivity index (χ3n) is 4.42. The summed E-state index contributed by atoms with van der Waals surface area (Å²) < 4.78 is 0.921. The van der Waals surface area contributed by atoms with Crippen LogP contribution in [0.2, 0.25) is 0 Å². The average molecular weight is 364 g/mol. The third-order valence-corrected chi connectivity index (χ3v) is 5.28. The Labute approximate surface area is 140 Å². The van der Waals surface area contributed by atoms with Gasteiger partial charge in [0.2, 0.25) is 0 Å². The lowest BCUT2D eigenvalue weighted by molar-refractivity contribution is -0.140. The van der Waals surface area contributed by atoms with Crippen molar-refractivity contribution in [3.05, 3.63) is 53.0 Å². The number of hydrogen-bond donors (Lipinski definition) is 2. The molecule has 0 spiro atoms. The lowest BCUT2D eigenvalue weighted by atomic mass is 9.77. The molecular formula is C18H22BrNO2. The zero-order valence-corrected chi connectivity index (χ0v) is 14.4. The molecule has 3 nitrogen and oxygen atoms in total. The zero-order valence-electron chi connectivity index (χ0n) is 12.9. The zero-order chi connectivity index (χ0) is 16.3. The molecule has 118 valence electrons. The Morgan fingerprint density at radius 3 is 2.45 bits per heavy atom. The van der Waals surface area contributed by atoms with Crippen molar-refractivity contribution in [1.82, 2.24) is 0 Å². The van der Waals surface area contributed by atoms with Crippen LogP contribution in [0.4, 0.5) is 5.69 Å². The van der Waals surface area contributed by atoms with E-state index in [0.29, 0.717) is 5.56 Å². The van der Waals surface area contributed by atoms with E-state index in [1.807, 2.05) is 31.2 Å². The number of aliphatic hydroxyl groups is 1. The highest BCUT2D eigenvalue weighted by atomic mass is 79.9. The van der Waals surface area contributed by atoms with E-state index in [2.05, 4.69) is 34.4 Å². The average Bonchev–Trinajstić information content (AvgIpc) is 2.76. The summed E-state index contributed by atoms with van der Waals surface area (Å²) in [5.74, 6) is -0.493. The topological polar surface area (TPSA) is 49.3 Å². The van der Waals surface area contributed by atoms with Crippen LogP contribution in [0, 0.1) is 12.8 Å². The minimum atomic E-state index is -1.48. The maximum absolute atomic E-state index is 12.6. The number of hydrogen-bond acceptors (Lipinski definition) is 2. The standard InChI is InChI=1S/C18H22BrNO2/c1-4-6-8-13(9-7-5-2)18(22)14-10-11-15(19)12(3)16(14)20-17(18)21/h4-5,10-11,13,22H,1-2,6-9H2,3H3,(H,20,21). The molecule has 0 aliphatic carbocycles. The van der Waals surface area contributed by atoms with Gasteiger partial charge in [0.25, 0.3) is 5.91 Å². The first kappa shape index (κ1) is 17.0. The number of nitrogens with one attached hydrogen (secondary N) is 1. The molecule has 1 atom stereocenters. The first-order chi connectivity index (χ1) is 10.5. The molecule has 0 saturated carbocycles. The first-order valence-corrected chi connectivity index (χ1v) is 8.31. The molecule has 1 aromatic rings. The molecule has 1 aromatic carbocycles. The van der Waals surface area contributed by atoms with Gasteiger partial charge in [-0.2, -0.15) is 0 Å². The number of allylic oxidation sites excluding steroid dienone is 2. The van der Waals surface area contributed by atoms with Crippen LogP contribution in [0.15, 0.2) is 41.9 Å². The summed E-state index contributed by atoms with van der Waals surface area (Å²) in [5, 5.41) is 14.1. The van der Waals surface area contributed by atoms with E-state index in [1.54, 1.807) is 0 Å².